The number of aromatic amines is 1. The molecule has 0 spiro atoms. The van der Waals surface area contributed by atoms with E-state index in [-0.39, 0.29) is 6.79 Å². The Labute approximate surface area is 190 Å². The van der Waals surface area contributed by atoms with Crippen molar-refractivity contribution in [2.24, 2.45) is 0 Å². The molecule has 4 aromatic rings. The predicted octanol–water partition coefficient (Wildman–Crippen LogP) is 4.38. The van der Waals surface area contributed by atoms with Crippen LogP contribution in [0.1, 0.15) is 5.56 Å². The van der Waals surface area contributed by atoms with Crippen molar-refractivity contribution in [2.75, 3.05) is 13.9 Å². The molecule has 0 saturated carbocycles. The minimum Gasteiger partial charge on any atom is -0.497 e. The number of nitrogens with zero attached hydrogens (tertiary/aromatic N) is 3. The van der Waals surface area contributed by atoms with Crippen LogP contribution in [0.25, 0.3) is 22.8 Å². The van der Waals surface area contributed by atoms with Gasteiger partial charge in [0.05, 0.1) is 12.7 Å². The van der Waals surface area contributed by atoms with Crippen LogP contribution >= 0.6 is 0 Å². The van der Waals surface area contributed by atoms with E-state index >= 15 is 0 Å². The normalized spacial score (nSPS) is 13.5. The van der Waals surface area contributed by atoms with Gasteiger partial charge in [0.25, 0.3) is 0 Å². The average molecular weight is 442 g/mol. The summed E-state index contributed by atoms with van der Waals surface area (Å²) in [6.45, 7) is 0.172. The van der Waals surface area contributed by atoms with Crippen LogP contribution in [-0.4, -0.2) is 40.2 Å². The summed E-state index contributed by atoms with van der Waals surface area (Å²) in [5, 5.41) is 7.37. The second-order valence-electron chi connectivity index (χ2n) is 7.34. The fourth-order valence-corrected chi connectivity index (χ4v) is 3.52. The van der Waals surface area contributed by atoms with Gasteiger partial charge < -0.3 is 18.9 Å². The summed E-state index contributed by atoms with van der Waals surface area (Å²) in [5.41, 5.74) is 2.64. The number of hydrogen-bond acceptors (Lipinski definition) is 7. The number of H-pyrrole nitrogens is 1. The van der Waals surface area contributed by atoms with Crippen LogP contribution in [0.2, 0.25) is 0 Å². The Morgan fingerprint density at radius 2 is 1.97 bits per heavy atom. The zero-order valence-corrected chi connectivity index (χ0v) is 18.0. The standard InChI is InChI=1S/C25H22N4O4/c1-30-19-10-5-9-18(14-19)23-27-24(29-28-23)20-11-6-12-26-25(20)33-21(22-15-31-16-32-22)13-17-7-3-2-4-8-17/h2-12,14-15,21H,13,16H2,1H3,(H,27,28,29). The van der Waals surface area contributed by atoms with E-state index in [2.05, 4.69) is 20.2 Å². The van der Waals surface area contributed by atoms with E-state index in [1.807, 2.05) is 66.7 Å². The molecule has 0 aliphatic carbocycles. The number of methoxy groups -OCH3 is 1. The highest BCUT2D eigenvalue weighted by Crippen LogP contribution is 2.30. The topological polar surface area (TPSA) is 91.4 Å². The highest BCUT2D eigenvalue weighted by molar-refractivity contribution is 5.65. The molecule has 0 radical (unpaired) electrons. The van der Waals surface area contributed by atoms with Gasteiger partial charge in [0.15, 0.2) is 23.5 Å². The molecule has 8 heteroatoms. The largest absolute Gasteiger partial charge is 0.497 e. The van der Waals surface area contributed by atoms with Gasteiger partial charge in [-0.2, -0.15) is 5.10 Å². The van der Waals surface area contributed by atoms with Gasteiger partial charge in [0.2, 0.25) is 12.7 Å². The molecule has 0 saturated heterocycles. The summed E-state index contributed by atoms with van der Waals surface area (Å²) in [7, 11) is 1.63. The van der Waals surface area contributed by atoms with Crippen LogP contribution in [0, 0.1) is 0 Å². The zero-order valence-electron chi connectivity index (χ0n) is 18.0. The lowest BCUT2D eigenvalue weighted by molar-refractivity contribution is 0.0549. The fourth-order valence-electron chi connectivity index (χ4n) is 3.52. The van der Waals surface area contributed by atoms with E-state index in [9.17, 15) is 0 Å². The minimum atomic E-state index is -0.413. The second-order valence-corrected chi connectivity index (χ2v) is 7.34. The Balaban J connectivity index is 1.44. The first-order valence-electron chi connectivity index (χ1n) is 10.5. The lowest BCUT2D eigenvalue weighted by atomic mass is 10.1. The third kappa shape index (κ3) is 4.64. The zero-order chi connectivity index (χ0) is 22.5. The first kappa shape index (κ1) is 20.6. The van der Waals surface area contributed by atoms with Gasteiger partial charge in [-0.15, -0.1) is 0 Å². The monoisotopic (exact) mass is 442 g/mol. The summed E-state index contributed by atoms with van der Waals surface area (Å²) in [6, 6.07) is 21.4. The number of pyridine rings is 1. The van der Waals surface area contributed by atoms with E-state index in [1.54, 1.807) is 19.6 Å². The van der Waals surface area contributed by atoms with Gasteiger partial charge in [-0.3, -0.25) is 5.10 Å². The van der Waals surface area contributed by atoms with E-state index < -0.39 is 6.10 Å². The quantitative estimate of drug-likeness (QED) is 0.433. The van der Waals surface area contributed by atoms with E-state index in [0.29, 0.717) is 35.3 Å². The molecule has 5 rings (SSSR count). The summed E-state index contributed by atoms with van der Waals surface area (Å²) in [4.78, 5) is 9.13. The van der Waals surface area contributed by atoms with Crippen LogP contribution in [-0.2, 0) is 15.9 Å². The molecule has 3 heterocycles. The van der Waals surface area contributed by atoms with Gasteiger partial charge in [-0.25, -0.2) is 9.97 Å². The van der Waals surface area contributed by atoms with Crippen molar-refractivity contribution in [3.05, 3.63) is 90.5 Å². The maximum absolute atomic E-state index is 6.35. The van der Waals surface area contributed by atoms with Crippen molar-refractivity contribution in [3.8, 4) is 34.4 Å². The Morgan fingerprint density at radius 3 is 2.79 bits per heavy atom. The summed E-state index contributed by atoms with van der Waals surface area (Å²) in [5.74, 6) is 2.87. The molecule has 33 heavy (non-hydrogen) atoms. The molecule has 1 aliphatic heterocycles. The Morgan fingerprint density at radius 1 is 1.06 bits per heavy atom. The number of nitrogens with one attached hydrogen (secondary N) is 1. The van der Waals surface area contributed by atoms with Crippen LogP contribution in [0.3, 0.4) is 0 Å². The maximum atomic E-state index is 6.35. The smallest absolute Gasteiger partial charge is 0.230 e. The number of benzene rings is 2. The third-order valence-electron chi connectivity index (χ3n) is 5.17. The Kier molecular flexibility index (Phi) is 5.88. The molecule has 2 aromatic carbocycles. The van der Waals surface area contributed by atoms with Crippen molar-refractivity contribution in [3.63, 3.8) is 0 Å². The Bertz CT molecular complexity index is 1260. The summed E-state index contributed by atoms with van der Waals surface area (Å²) in [6.07, 6.45) is 3.45. The number of hydrogen-bond donors (Lipinski definition) is 1. The maximum Gasteiger partial charge on any atom is 0.230 e. The molecular weight excluding hydrogens is 420 g/mol. The number of rotatable bonds is 8. The van der Waals surface area contributed by atoms with Crippen LogP contribution in [0.4, 0.5) is 0 Å². The van der Waals surface area contributed by atoms with Gasteiger partial charge >= 0.3 is 0 Å². The summed E-state index contributed by atoms with van der Waals surface area (Å²) >= 11 is 0. The lowest BCUT2D eigenvalue weighted by Crippen LogP contribution is -2.23. The SMILES string of the molecule is COc1cccc(-c2n[nH]c(-c3cccnc3OC(Cc3ccccc3)C3=COCO3)n2)c1. The molecule has 1 atom stereocenters. The average Bonchev–Trinajstić information content (AvgIpc) is 3.58. The van der Waals surface area contributed by atoms with Crippen LogP contribution in [0.15, 0.2) is 84.9 Å². The van der Waals surface area contributed by atoms with Gasteiger partial charge in [0.1, 0.15) is 12.0 Å². The molecular formula is C25H22N4O4. The molecule has 0 amide bonds. The van der Waals surface area contributed by atoms with Crippen LogP contribution < -0.4 is 9.47 Å². The molecule has 0 bridgehead atoms. The number of aromatic nitrogens is 4. The minimum absolute atomic E-state index is 0.172. The van der Waals surface area contributed by atoms with Crippen molar-refractivity contribution in [2.45, 2.75) is 12.5 Å². The van der Waals surface area contributed by atoms with Crippen molar-refractivity contribution >= 4 is 0 Å². The van der Waals surface area contributed by atoms with Crippen molar-refractivity contribution in [1.29, 1.82) is 0 Å². The van der Waals surface area contributed by atoms with E-state index in [4.69, 9.17) is 18.9 Å². The molecule has 1 aliphatic rings. The first-order chi connectivity index (χ1) is 16.3. The Hall–Kier alpha value is -4.33. The lowest BCUT2D eigenvalue weighted by Gasteiger charge is -2.19. The van der Waals surface area contributed by atoms with Crippen molar-refractivity contribution < 1.29 is 18.9 Å². The van der Waals surface area contributed by atoms with Gasteiger partial charge in [0, 0.05) is 18.2 Å². The molecule has 2 aromatic heterocycles. The van der Waals surface area contributed by atoms with Crippen molar-refractivity contribution in [1.82, 2.24) is 20.2 Å². The molecule has 1 unspecified atom stereocenters. The fraction of sp³-hybridized carbons (Fsp3) is 0.160. The number of ether oxygens (including phenoxy) is 4. The highest BCUT2D eigenvalue weighted by Gasteiger charge is 2.25. The summed E-state index contributed by atoms with van der Waals surface area (Å²) < 4.78 is 22.6. The molecule has 8 nitrogen and oxygen atoms in total. The molecule has 1 N–H and O–H groups in total. The van der Waals surface area contributed by atoms with E-state index in [0.717, 1.165) is 16.9 Å². The van der Waals surface area contributed by atoms with Gasteiger partial charge in [-0.1, -0.05) is 42.5 Å². The predicted molar refractivity (Wildman–Crippen MR) is 121 cm³/mol. The highest BCUT2D eigenvalue weighted by atomic mass is 16.7. The van der Waals surface area contributed by atoms with Gasteiger partial charge in [-0.05, 0) is 29.8 Å². The van der Waals surface area contributed by atoms with Crippen LogP contribution in [0.5, 0.6) is 11.6 Å². The molecule has 166 valence electrons. The second kappa shape index (κ2) is 9.44. The third-order valence-corrected chi connectivity index (χ3v) is 5.17. The first-order valence-corrected chi connectivity index (χ1v) is 10.5. The molecule has 0 fully saturated rings. The van der Waals surface area contributed by atoms with E-state index in [1.165, 1.54) is 0 Å².